The van der Waals surface area contributed by atoms with Gasteiger partial charge in [0, 0.05) is 5.56 Å². The first-order valence-electron chi connectivity index (χ1n) is 6.34. The molecule has 1 aliphatic rings. The number of rotatable bonds is 4. The second kappa shape index (κ2) is 5.40. The second-order valence-corrected chi connectivity index (χ2v) is 4.97. The van der Waals surface area contributed by atoms with E-state index in [-0.39, 0.29) is 6.61 Å². The molecule has 1 aliphatic carbocycles. The lowest BCUT2D eigenvalue weighted by atomic mass is 9.85. The molecule has 0 saturated heterocycles. The van der Waals surface area contributed by atoms with Crippen LogP contribution in [0.3, 0.4) is 0 Å². The second-order valence-electron chi connectivity index (χ2n) is 4.97. The number of aliphatic hydroxyl groups is 1. The summed E-state index contributed by atoms with van der Waals surface area (Å²) in [6, 6.07) is 6.73. The van der Waals surface area contributed by atoms with Crippen LogP contribution in [0.5, 0.6) is 5.75 Å². The monoisotopic (exact) mass is 249 g/mol. The fraction of sp³-hybridized carbons (Fsp3) is 0.500. The molecule has 0 bridgehead atoms. The van der Waals surface area contributed by atoms with Crippen molar-refractivity contribution in [3.05, 3.63) is 29.8 Å². The summed E-state index contributed by atoms with van der Waals surface area (Å²) in [5.41, 5.74) is 4.90. The van der Waals surface area contributed by atoms with Crippen molar-refractivity contribution in [2.75, 3.05) is 6.61 Å². The molecule has 4 nitrogen and oxygen atoms in total. The molecule has 1 saturated carbocycles. The third kappa shape index (κ3) is 3.23. The third-order valence-electron chi connectivity index (χ3n) is 3.41. The highest BCUT2D eigenvalue weighted by Crippen LogP contribution is 2.28. The lowest BCUT2D eigenvalue weighted by Crippen LogP contribution is -2.37. The molecule has 1 aromatic carbocycles. The Kier molecular flexibility index (Phi) is 3.87. The minimum Gasteiger partial charge on any atom is -0.491 e. The zero-order valence-corrected chi connectivity index (χ0v) is 10.4. The molecular weight excluding hydrogens is 230 g/mol. The van der Waals surface area contributed by atoms with Crippen molar-refractivity contribution in [3.8, 4) is 5.75 Å². The van der Waals surface area contributed by atoms with E-state index in [2.05, 4.69) is 0 Å². The van der Waals surface area contributed by atoms with Gasteiger partial charge in [-0.25, -0.2) is 0 Å². The van der Waals surface area contributed by atoms with Gasteiger partial charge in [-0.2, -0.15) is 0 Å². The van der Waals surface area contributed by atoms with E-state index >= 15 is 0 Å². The summed E-state index contributed by atoms with van der Waals surface area (Å²) in [7, 11) is 0. The first-order valence-corrected chi connectivity index (χ1v) is 6.34. The van der Waals surface area contributed by atoms with Crippen molar-refractivity contribution < 1.29 is 14.6 Å². The first kappa shape index (κ1) is 12.9. The quantitative estimate of drug-likeness (QED) is 0.855. The minimum absolute atomic E-state index is 0.273. The van der Waals surface area contributed by atoms with Gasteiger partial charge in [0.15, 0.2) is 0 Å². The maximum atomic E-state index is 11.0. The summed E-state index contributed by atoms with van der Waals surface area (Å²) in [5, 5.41) is 10.3. The van der Waals surface area contributed by atoms with E-state index in [1.54, 1.807) is 24.3 Å². The smallest absolute Gasteiger partial charge is 0.248 e. The Morgan fingerprint density at radius 1 is 1.33 bits per heavy atom. The number of carbonyl (C=O) groups is 1. The van der Waals surface area contributed by atoms with Gasteiger partial charge in [-0.05, 0) is 31.0 Å². The van der Waals surface area contributed by atoms with E-state index in [1.807, 2.05) is 0 Å². The number of ether oxygens (including phenoxy) is 1. The van der Waals surface area contributed by atoms with Crippen molar-refractivity contribution in [1.82, 2.24) is 0 Å². The summed E-state index contributed by atoms with van der Waals surface area (Å²) in [6.45, 7) is 0.273. The van der Waals surface area contributed by atoms with Crippen molar-refractivity contribution in [3.63, 3.8) is 0 Å². The van der Waals surface area contributed by atoms with Crippen molar-refractivity contribution in [1.29, 1.82) is 0 Å². The van der Waals surface area contributed by atoms with Crippen LogP contribution in [0.15, 0.2) is 24.3 Å². The van der Waals surface area contributed by atoms with Gasteiger partial charge in [0.2, 0.25) is 5.91 Å². The Morgan fingerprint density at radius 2 is 2.06 bits per heavy atom. The zero-order chi connectivity index (χ0) is 13.0. The van der Waals surface area contributed by atoms with Crippen LogP contribution in [0, 0.1) is 0 Å². The lowest BCUT2D eigenvalue weighted by molar-refractivity contribution is -0.0339. The first-order chi connectivity index (χ1) is 8.59. The number of hydrogen-bond donors (Lipinski definition) is 2. The van der Waals surface area contributed by atoms with Crippen LogP contribution in [0.1, 0.15) is 42.5 Å². The van der Waals surface area contributed by atoms with Crippen LogP contribution in [0.2, 0.25) is 0 Å². The Morgan fingerprint density at radius 3 is 2.72 bits per heavy atom. The standard InChI is InChI=1S/C14H19NO3/c15-13(16)11-5-4-6-12(9-11)18-10-14(17)7-2-1-3-8-14/h4-6,9,17H,1-3,7-8,10H2,(H2,15,16). The number of amides is 1. The number of benzene rings is 1. The normalized spacial score (nSPS) is 18.3. The molecule has 1 amide bonds. The molecular formula is C14H19NO3. The van der Waals surface area contributed by atoms with Gasteiger partial charge < -0.3 is 15.6 Å². The number of primary amides is 1. The van der Waals surface area contributed by atoms with Gasteiger partial charge in [-0.1, -0.05) is 25.3 Å². The van der Waals surface area contributed by atoms with Gasteiger partial charge in [-0.3, -0.25) is 4.79 Å². The summed E-state index contributed by atoms with van der Waals surface area (Å²) >= 11 is 0. The number of carbonyl (C=O) groups excluding carboxylic acids is 1. The maximum Gasteiger partial charge on any atom is 0.248 e. The lowest BCUT2D eigenvalue weighted by Gasteiger charge is -2.31. The van der Waals surface area contributed by atoms with E-state index < -0.39 is 11.5 Å². The van der Waals surface area contributed by atoms with Gasteiger partial charge in [-0.15, -0.1) is 0 Å². The highest BCUT2D eigenvalue weighted by atomic mass is 16.5. The zero-order valence-electron chi connectivity index (χ0n) is 10.4. The van der Waals surface area contributed by atoms with Gasteiger partial charge in [0.1, 0.15) is 12.4 Å². The molecule has 4 heteroatoms. The van der Waals surface area contributed by atoms with E-state index in [0.29, 0.717) is 11.3 Å². The predicted octanol–water partition coefficient (Wildman–Crippen LogP) is 1.86. The Bertz CT molecular complexity index is 425. The fourth-order valence-corrected chi connectivity index (χ4v) is 2.31. The van der Waals surface area contributed by atoms with Crippen LogP contribution in [-0.2, 0) is 0 Å². The van der Waals surface area contributed by atoms with E-state index in [0.717, 1.165) is 25.7 Å². The van der Waals surface area contributed by atoms with Gasteiger partial charge >= 0.3 is 0 Å². The van der Waals surface area contributed by atoms with Crippen LogP contribution in [0.25, 0.3) is 0 Å². The Balaban J connectivity index is 1.97. The van der Waals surface area contributed by atoms with E-state index in [1.165, 1.54) is 6.42 Å². The molecule has 0 aromatic heterocycles. The summed E-state index contributed by atoms with van der Waals surface area (Å²) in [5.74, 6) is 0.0992. The molecule has 2 rings (SSSR count). The van der Waals surface area contributed by atoms with Gasteiger partial charge in [0.05, 0.1) is 5.60 Å². The molecule has 3 N–H and O–H groups in total. The SMILES string of the molecule is NC(=O)c1cccc(OCC2(O)CCCCC2)c1. The largest absolute Gasteiger partial charge is 0.491 e. The molecule has 0 heterocycles. The number of nitrogens with two attached hydrogens (primary N) is 1. The molecule has 18 heavy (non-hydrogen) atoms. The molecule has 0 aliphatic heterocycles. The average Bonchev–Trinajstić information content (AvgIpc) is 2.38. The maximum absolute atomic E-state index is 11.0. The Labute approximate surface area is 107 Å². The average molecular weight is 249 g/mol. The highest BCUT2D eigenvalue weighted by molar-refractivity contribution is 5.93. The summed E-state index contributed by atoms with van der Waals surface area (Å²) < 4.78 is 5.58. The molecule has 0 radical (unpaired) electrons. The van der Waals surface area contributed by atoms with E-state index in [9.17, 15) is 9.90 Å². The predicted molar refractivity (Wildman–Crippen MR) is 68.5 cm³/mol. The third-order valence-corrected chi connectivity index (χ3v) is 3.41. The van der Waals surface area contributed by atoms with Crippen molar-refractivity contribution in [2.24, 2.45) is 5.73 Å². The highest BCUT2D eigenvalue weighted by Gasteiger charge is 2.29. The molecule has 0 atom stereocenters. The van der Waals surface area contributed by atoms with Crippen molar-refractivity contribution >= 4 is 5.91 Å². The fourth-order valence-electron chi connectivity index (χ4n) is 2.31. The molecule has 1 aromatic rings. The van der Waals surface area contributed by atoms with E-state index in [4.69, 9.17) is 10.5 Å². The molecule has 98 valence electrons. The molecule has 0 spiro atoms. The minimum atomic E-state index is -0.721. The van der Waals surface area contributed by atoms with Crippen LogP contribution in [0.4, 0.5) is 0 Å². The summed E-state index contributed by atoms with van der Waals surface area (Å²) in [4.78, 5) is 11.0. The topological polar surface area (TPSA) is 72.6 Å². The molecule has 0 unspecified atom stereocenters. The van der Waals surface area contributed by atoms with Crippen LogP contribution >= 0.6 is 0 Å². The molecule has 1 fully saturated rings. The van der Waals surface area contributed by atoms with Gasteiger partial charge in [0.25, 0.3) is 0 Å². The van der Waals surface area contributed by atoms with Crippen LogP contribution < -0.4 is 10.5 Å². The number of hydrogen-bond acceptors (Lipinski definition) is 3. The van der Waals surface area contributed by atoms with Crippen molar-refractivity contribution in [2.45, 2.75) is 37.7 Å². The summed E-state index contributed by atoms with van der Waals surface area (Å²) in [6.07, 6.45) is 4.83. The van der Waals surface area contributed by atoms with Crippen LogP contribution in [-0.4, -0.2) is 23.2 Å². The Hall–Kier alpha value is -1.55.